The van der Waals surface area contributed by atoms with Crippen molar-refractivity contribution in [2.75, 3.05) is 22.4 Å². The molecule has 32 heavy (non-hydrogen) atoms. The van der Waals surface area contributed by atoms with Crippen molar-refractivity contribution in [3.05, 3.63) is 89.0 Å². The molecule has 0 saturated heterocycles. The third kappa shape index (κ3) is 6.14. The number of hydrogen-bond acceptors (Lipinski definition) is 4. The predicted octanol–water partition coefficient (Wildman–Crippen LogP) is 5.31. The molecule has 5 nitrogen and oxygen atoms in total. The highest BCUT2D eigenvalue weighted by atomic mass is 32.2. The monoisotopic (exact) mass is 468 g/mol. The first-order chi connectivity index (χ1) is 15.1. The second kappa shape index (κ2) is 10.2. The van der Waals surface area contributed by atoms with E-state index in [1.165, 1.54) is 9.20 Å². The van der Waals surface area contributed by atoms with E-state index in [0.29, 0.717) is 11.4 Å². The Morgan fingerprint density at radius 3 is 2.16 bits per heavy atom. The minimum atomic E-state index is -3.63. The molecule has 0 atom stereocenters. The van der Waals surface area contributed by atoms with E-state index in [-0.39, 0.29) is 12.5 Å². The van der Waals surface area contributed by atoms with Crippen LogP contribution in [0.3, 0.4) is 0 Å². The van der Waals surface area contributed by atoms with Crippen LogP contribution in [0.5, 0.6) is 0 Å². The van der Waals surface area contributed by atoms with Gasteiger partial charge in [-0.05, 0) is 61.2 Å². The fourth-order valence-corrected chi connectivity index (χ4v) is 5.35. The van der Waals surface area contributed by atoms with Gasteiger partial charge in [-0.15, -0.1) is 11.8 Å². The number of rotatable bonds is 8. The maximum Gasteiger partial charge on any atom is 0.245 e. The Morgan fingerprint density at radius 2 is 1.56 bits per heavy atom. The summed E-state index contributed by atoms with van der Waals surface area (Å²) in [6.07, 6.45) is 1.12. The van der Waals surface area contributed by atoms with Crippen molar-refractivity contribution in [2.24, 2.45) is 0 Å². The Kier molecular flexibility index (Phi) is 7.64. The summed E-state index contributed by atoms with van der Waals surface area (Å²) in [6.45, 7) is 5.34. The van der Waals surface area contributed by atoms with Gasteiger partial charge in [0, 0.05) is 16.3 Å². The smallest absolute Gasteiger partial charge is 0.245 e. The lowest BCUT2D eigenvalue weighted by atomic mass is 10.1. The number of thioether (sulfide) groups is 1. The van der Waals surface area contributed by atoms with Gasteiger partial charge in [0.1, 0.15) is 6.54 Å². The van der Waals surface area contributed by atoms with E-state index in [1.807, 2.05) is 75.4 Å². The summed E-state index contributed by atoms with van der Waals surface area (Å²) in [6, 6.07) is 21.7. The first-order valence-electron chi connectivity index (χ1n) is 10.3. The molecule has 0 aliphatic heterocycles. The first-order valence-corrected chi connectivity index (χ1v) is 13.1. The quantitative estimate of drug-likeness (QED) is 0.455. The lowest BCUT2D eigenvalue weighted by Gasteiger charge is -2.25. The molecule has 0 radical (unpaired) electrons. The van der Waals surface area contributed by atoms with Gasteiger partial charge in [-0.25, -0.2) is 8.42 Å². The molecule has 0 aliphatic rings. The third-order valence-electron chi connectivity index (χ3n) is 5.09. The van der Waals surface area contributed by atoms with Gasteiger partial charge in [0.25, 0.3) is 0 Å². The van der Waals surface area contributed by atoms with Crippen LogP contribution < -0.4 is 9.62 Å². The van der Waals surface area contributed by atoms with E-state index in [9.17, 15) is 13.2 Å². The predicted molar refractivity (Wildman–Crippen MR) is 134 cm³/mol. The average molecular weight is 469 g/mol. The number of aryl methyl sites for hydroxylation is 3. The van der Waals surface area contributed by atoms with Crippen molar-refractivity contribution in [3.63, 3.8) is 0 Å². The summed E-state index contributed by atoms with van der Waals surface area (Å²) >= 11 is 1.75. The van der Waals surface area contributed by atoms with E-state index in [0.717, 1.165) is 34.3 Å². The summed E-state index contributed by atoms with van der Waals surface area (Å²) in [5.74, 6) is 0.445. The molecular formula is C25H28N2O3S2. The van der Waals surface area contributed by atoms with Crippen LogP contribution >= 0.6 is 11.8 Å². The maximum absolute atomic E-state index is 12.8. The van der Waals surface area contributed by atoms with Crippen molar-refractivity contribution >= 4 is 39.1 Å². The number of nitrogens with zero attached hydrogens (tertiary/aromatic N) is 1. The lowest BCUT2D eigenvalue weighted by molar-refractivity contribution is -0.114. The first kappa shape index (κ1) is 23.9. The number of anilines is 2. The summed E-state index contributed by atoms with van der Waals surface area (Å²) in [5, 5.41) is 2.87. The van der Waals surface area contributed by atoms with E-state index in [4.69, 9.17) is 0 Å². The van der Waals surface area contributed by atoms with Crippen molar-refractivity contribution in [1.29, 1.82) is 0 Å². The van der Waals surface area contributed by atoms with Crippen LogP contribution in [0.4, 0.5) is 11.4 Å². The molecule has 0 fully saturated rings. The van der Waals surface area contributed by atoms with Crippen molar-refractivity contribution in [1.82, 2.24) is 0 Å². The number of carbonyl (C=O) groups is 1. The zero-order valence-corrected chi connectivity index (χ0v) is 20.4. The van der Waals surface area contributed by atoms with Gasteiger partial charge >= 0.3 is 0 Å². The van der Waals surface area contributed by atoms with E-state index in [1.54, 1.807) is 11.8 Å². The SMILES string of the molecule is Cc1cc(CSc2ccccc2)ccc1NC(=O)CN(c1c(C)cccc1C)S(C)(=O)=O. The van der Waals surface area contributed by atoms with Crippen molar-refractivity contribution < 1.29 is 13.2 Å². The molecule has 0 heterocycles. The Labute approximate surface area is 194 Å². The second-order valence-electron chi connectivity index (χ2n) is 7.81. The highest BCUT2D eigenvalue weighted by Gasteiger charge is 2.24. The molecule has 0 bridgehead atoms. The van der Waals surface area contributed by atoms with Crippen LogP contribution in [0.15, 0.2) is 71.6 Å². The maximum atomic E-state index is 12.8. The van der Waals surface area contributed by atoms with Gasteiger partial charge < -0.3 is 5.32 Å². The molecule has 3 aromatic rings. The van der Waals surface area contributed by atoms with Gasteiger partial charge in [-0.1, -0.05) is 48.5 Å². The molecule has 0 unspecified atom stereocenters. The van der Waals surface area contributed by atoms with Crippen molar-refractivity contribution in [2.45, 2.75) is 31.4 Å². The Bertz CT molecular complexity index is 1190. The topological polar surface area (TPSA) is 66.5 Å². The van der Waals surface area contributed by atoms with Crippen molar-refractivity contribution in [3.8, 4) is 0 Å². The van der Waals surface area contributed by atoms with E-state index in [2.05, 4.69) is 17.4 Å². The molecule has 3 aromatic carbocycles. The van der Waals surface area contributed by atoms with Crippen LogP contribution in [-0.2, 0) is 20.6 Å². The fourth-order valence-electron chi connectivity index (χ4n) is 3.52. The average Bonchev–Trinajstić information content (AvgIpc) is 2.73. The standard InChI is InChI=1S/C25H28N2O3S2/c1-18-9-8-10-19(2)25(18)27(32(4,29)30)16-24(28)26-23-14-13-21(15-20(23)3)17-31-22-11-6-5-7-12-22/h5-15H,16-17H2,1-4H3,(H,26,28). The Hall–Kier alpha value is -2.77. The van der Waals surface area contributed by atoms with Gasteiger partial charge in [0.15, 0.2) is 0 Å². The molecule has 0 aliphatic carbocycles. The number of para-hydroxylation sites is 1. The molecule has 168 valence electrons. The van der Waals surface area contributed by atoms with Gasteiger partial charge in [-0.3, -0.25) is 9.10 Å². The summed E-state index contributed by atoms with van der Waals surface area (Å²) in [4.78, 5) is 14.0. The number of benzene rings is 3. The molecule has 0 saturated carbocycles. The number of amides is 1. The van der Waals surface area contributed by atoms with Crippen LogP contribution in [0, 0.1) is 20.8 Å². The van der Waals surface area contributed by atoms with E-state index >= 15 is 0 Å². The molecule has 0 spiro atoms. The van der Waals surface area contributed by atoms with Crippen LogP contribution in [0.25, 0.3) is 0 Å². The number of sulfonamides is 1. The zero-order valence-electron chi connectivity index (χ0n) is 18.8. The number of hydrogen-bond donors (Lipinski definition) is 1. The van der Waals surface area contributed by atoms with E-state index < -0.39 is 10.0 Å². The highest BCUT2D eigenvalue weighted by molar-refractivity contribution is 7.98. The largest absolute Gasteiger partial charge is 0.324 e. The van der Waals surface area contributed by atoms with Crippen LogP contribution in [-0.4, -0.2) is 27.1 Å². The second-order valence-corrected chi connectivity index (χ2v) is 10.8. The summed E-state index contributed by atoms with van der Waals surface area (Å²) in [7, 11) is -3.63. The van der Waals surface area contributed by atoms with Crippen LogP contribution in [0.1, 0.15) is 22.3 Å². The molecular weight excluding hydrogens is 440 g/mol. The van der Waals surface area contributed by atoms with Gasteiger partial charge in [0.05, 0.1) is 11.9 Å². The molecule has 1 N–H and O–H groups in total. The highest BCUT2D eigenvalue weighted by Crippen LogP contribution is 2.27. The number of carbonyl (C=O) groups excluding carboxylic acids is 1. The molecule has 7 heteroatoms. The van der Waals surface area contributed by atoms with Gasteiger partial charge in [-0.2, -0.15) is 0 Å². The molecule has 3 rings (SSSR count). The summed E-state index contributed by atoms with van der Waals surface area (Å²) < 4.78 is 26.1. The zero-order chi connectivity index (χ0) is 23.3. The lowest BCUT2D eigenvalue weighted by Crippen LogP contribution is -2.38. The third-order valence-corrected chi connectivity index (χ3v) is 7.29. The molecule has 0 aromatic heterocycles. The fraction of sp³-hybridized carbons (Fsp3) is 0.240. The Balaban J connectivity index is 1.71. The Morgan fingerprint density at radius 1 is 0.906 bits per heavy atom. The van der Waals surface area contributed by atoms with Gasteiger partial charge in [0.2, 0.25) is 15.9 Å². The number of nitrogens with one attached hydrogen (secondary N) is 1. The molecule has 1 amide bonds. The van der Waals surface area contributed by atoms with Crippen LogP contribution in [0.2, 0.25) is 0 Å². The normalized spacial score (nSPS) is 11.2. The summed E-state index contributed by atoms with van der Waals surface area (Å²) in [5.41, 5.74) is 4.93. The minimum absolute atomic E-state index is 0.282. The minimum Gasteiger partial charge on any atom is -0.324 e.